The summed E-state index contributed by atoms with van der Waals surface area (Å²) >= 11 is 0. The van der Waals surface area contributed by atoms with E-state index in [1.54, 1.807) is 0 Å². The van der Waals surface area contributed by atoms with Crippen LogP contribution in [0, 0.1) is 6.92 Å². The molecule has 1 aliphatic carbocycles. The molecule has 110 valence electrons. The van der Waals surface area contributed by atoms with Crippen LogP contribution >= 0.6 is 0 Å². The van der Waals surface area contributed by atoms with Crippen molar-refractivity contribution in [1.82, 2.24) is 4.57 Å². The van der Waals surface area contributed by atoms with Gasteiger partial charge >= 0.3 is 0 Å². The van der Waals surface area contributed by atoms with Crippen LogP contribution in [0.4, 0.5) is 0 Å². The zero-order chi connectivity index (χ0) is 14.8. The highest BCUT2D eigenvalue weighted by Gasteiger charge is 2.24. The Labute approximate surface area is 126 Å². The third-order valence-corrected chi connectivity index (χ3v) is 4.59. The molecular weight excluding hydrogens is 258 g/mol. The fourth-order valence-electron chi connectivity index (χ4n) is 3.51. The van der Waals surface area contributed by atoms with Crippen LogP contribution < -0.4 is 0 Å². The number of aryl methyl sites for hydroxylation is 2. The van der Waals surface area contributed by atoms with Gasteiger partial charge in [0, 0.05) is 29.4 Å². The van der Waals surface area contributed by atoms with Crippen LogP contribution in [-0.4, -0.2) is 10.4 Å². The van der Waals surface area contributed by atoms with Crippen LogP contribution in [0.3, 0.4) is 0 Å². The van der Waals surface area contributed by atoms with Crippen molar-refractivity contribution in [2.45, 2.75) is 52.0 Å². The topological polar surface area (TPSA) is 22.0 Å². The summed E-state index contributed by atoms with van der Waals surface area (Å²) in [5.41, 5.74) is 4.87. The average Bonchev–Trinajstić information content (AvgIpc) is 2.84. The third kappa shape index (κ3) is 2.80. The van der Waals surface area contributed by atoms with E-state index in [9.17, 15) is 4.79 Å². The number of Topliss-reactive ketones (excluding diaryl/α,β-unsaturated/α-hetero) is 1. The maximum atomic E-state index is 12.0. The van der Waals surface area contributed by atoms with Gasteiger partial charge in [-0.3, -0.25) is 4.79 Å². The van der Waals surface area contributed by atoms with Gasteiger partial charge in [0.25, 0.3) is 0 Å². The number of rotatable bonds is 4. The Hall–Kier alpha value is -1.83. The second-order valence-electron chi connectivity index (χ2n) is 6.17. The van der Waals surface area contributed by atoms with E-state index in [2.05, 4.69) is 54.8 Å². The first-order valence-electron chi connectivity index (χ1n) is 7.94. The average molecular weight is 281 g/mol. The lowest BCUT2D eigenvalue weighted by Crippen LogP contribution is -2.16. The van der Waals surface area contributed by atoms with Crippen molar-refractivity contribution in [2.24, 2.45) is 0 Å². The van der Waals surface area contributed by atoms with Crippen molar-refractivity contribution in [3.05, 3.63) is 58.9 Å². The summed E-state index contributed by atoms with van der Waals surface area (Å²) in [4.78, 5) is 12.0. The first-order chi connectivity index (χ1) is 10.2. The van der Waals surface area contributed by atoms with Gasteiger partial charge < -0.3 is 4.57 Å². The smallest absolute Gasteiger partial charge is 0.164 e. The van der Waals surface area contributed by atoms with Gasteiger partial charge in [-0.25, -0.2) is 0 Å². The molecule has 21 heavy (non-hydrogen) atoms. The van der Waals surface area contributed by atoms with E-state index in [1.807, 2.05) is 0 Å². The highest BCUT2D eigenvalue weighted by molar-refractivity contribution is 5.98. The minimum Gasteiger partial charge on any atom is -0.345 e. The minimum atomic E-state index is 0.327. The molecule has 2 aromatic rings. The normalized spacial score (nSPS) is 15.8. The molecule has 0 spiro atoms. The number of hydrogen-bond donors (Lipinski definition) is 0. The Bertz CT molecular complexity index is 639. The van der Waals surface area contributed by atoms with Crippen LogP contribution in [0.2, 0.25) is 0 Å². The predicted octanol–water partition coefficient (Wildman–Crippen LogP) is 4.51. The van der Waals surface area contributed by atoms with Crippen LogP contribution in [0.25, 0.3) is 0 Å². The van der Waals surface area contributed by atoms with E-state index in [0.717, 1.165) is 37.7 Å². The predicted molar refractivity (Wildman–Crippen MR) is 85.9 cm³/mol. The van der Waals surface area contributed by atoms with E-state index in [-0.39, 0.29) is 0 Å². The molecule has 0 bridgehead atoms. The molecule has 0 amide bonds. The summed E-state index contributed by atoms with van der Waals surface area (Å²) in [5.74, 6) is 0.327. The van der Waals surface area contributed by atoms with E-state index in [4.69, 9.17) is 0 Å². The summed E-state index contributed by atoms with van der Waals surface area (Å²) < 4.78 is 2.40. The molecule has 1 aliphatic rings. The van der Waals surface area contributed by atoms with Gasteiger partial charge in [-0.2, -0.15) is 0 Å². The molecule has 1 atom stereocenters. The molecule has 1 heterocycles. The van der Waals surface area contributed by atoms with E-state index >= 15 is 0 Å². The molecule has 3 rings (SSSR count). The minimum absolute atomic E-state index is 0.327. The number of carbonyl (C=O) groups excluding carboxylic acids is 1. The number of hydrogen-bond acceptors (Lipinski definition) is 1. The molecule has 1 aromatic heterocycles. The Kier molecular flexibility index (Phi) is 3.96. The van der Waals surface area contributed by atoms with Gasteiger partial charge in [0.1, 0.15) is 0 Å². The first kappa shape index (κ1) is 14.1. The van der Waals surface area contributed by atoms with Gasteiger partial charge in [-0.15, -0.1) is 0 Å². The second-order valence-corrected chi connectivity index (χ2v) is 6.17. The molecule has 0 saturated carbocycles. The second kappa shape index (κ2) is 5.88. The van der Waals surface area contributed by atoms with Crippen molar-refractivity contribution in [2.75, 3.05) is 0 Å². The highest BCUT2D eigenvalue weighted by Crippen LogP contribution is 2.29. The monoisotopic (exact) mass is 281 g/mol. The van der Waals surface area contributed by atoms with E-state index in [0.29, 0.717) is 11.8 Å². The molecule has 0 radical (unpaired) electrons. The fourth-order valence-corrected chi connectivity index (χ4v) is 3.51. The molecule has 1 unspecified atom stereocenters. The Balaban J connectivity index is 1.79. The lowest BCUT2D eigenvalue weighted by Gasteiger charge is -2.22. The zero-order valence-corrected chi connectivity index (χ0v) is 12.9. The highest BCUT2D eigenvalue weighted by atomic mass is 16.1. The number of carbonyl (C=O) groups is 1. The van der Waals surface area contributed by atoms with E-state index in [1.165, 1.54) is 17.0 Å². The maximum Gasteiger partial charge on any atom is 0.164 e. The summed E-state index contributed by atoms with van der Waals surface area (Å²) in [7, 11) is 0. The Morgan fingerprint density at radius 1 is 1.19 bits per heavy atom. The van der Waals surface area contributed by atoms with E-state index < -0.39 is 0 Å². The number of benzene rings is 1. The number of nitrogens with zero attached hydrogens (tertiary/aromatic N) is 1. The van der Waals surface area contributed by atoms with Crippen LogP contribution in [0.1, 0.15) is 59.5 Å². The summed E-state index contributed by atoms with van der Waals surface area (Å²) in [6, 6.07) is 13.2. The molecule has 2 nitrogen and oxygen atoms in total. The third-order valence-electron chi connectivity index (χ3n) is 4.59. The van der Waals surface area contributed by atoms with Gasteiger partial charge in [0.2, 0.25) is 0 Å². The van der Waals surface area contributed by atoms with Crippen LogP contribution in [0.5, 0.6) is 0 Å². The quantitative estimate of drug-likeness (QED) is 0.808. The number of aromatic nitrogens is 1. The molecule has 2 heteroatoms. The Morgan fingerprint density at radius 2 is 1.95 bits per heavy atom. The fraction of sp³-hybridized carbons (Fsp3) is 0.421. The lowest BCUT2D eigenvalue weighted by atomic mass is 9.96. The van der Waals surface area contributed by atoms with Crippen LogP contribution in [0.15, 0.2) is 36.4 Å². The van der Waals surface area contributed by atoms with Crippen molar-refractivity contribution in [3.63, 3.8) is 0 Å². The van der Waals surface area contributed by atoms with Gasteiger partial charge in [0.15, 0.2) is 5.78 Å². The van der Waals surface area contributed by atoms with Crippen molar-refractivity contribution < 1.29 is 4.79 Å². The molecule has 0 N–H and O–H groups in total. The summed E-state index contributed by atoms with van der Waals surface area (Å²) in [6.45, 7) is 4.40. The maximum absolute atomic E-state index is 12.0. The Morgan fingerprint density at radius 3 is 2.71 bits per heavy atom. The summed E-state index contributed by atoms with van der Waals surface area (Å²) in [5, 5.41) is 0. The molecular formula is C19H23NO. The SMILES string of the molecule is Cc1cc2c(n1C(C)CCc1ccccc1)CCCC2=O. The molecule has 0 fully saturated rings. The van der Waals surface area contributed by atoms with Gasteiger partial charge in [0.05, 0.1) is 0 Å². The first-order valence-corrected chi connectivity index (χ1v) is 7.94. The molecule has 1 aromatic carbocycles. The number of ketones is 1. The molecule has 0 aliphatic heterocycles. The standard InChI is InChI=1S/C19H23NO/c1-14(11-12-16-7-4-3-5-8-16)20-15(2)13-17-18(20)9-6-10-19(17)21/h3-5,7-8,13-14H,6,9-12H2,1-2H3. The lowest BCUT2D eigenvalue weighted by molar-refractivity contribution is 0.0971. The zero-order valence-electron chi connectivity index (χ0n) is 12.9. The largest absolute Gasteiger partial charge is 0.345 e. The van der Waals surface area contributed by atoms with Crippen molar-refractivity contribution in [1.29, 1.82) is 0 Å². The van der Waals surface area contributed by atoms with Crippen molar-refractivity contribution >= 4 is 5.78 Å². The van der Waals surface area contributed by atoms with Gasteiger partial charge in [-0.1, -0.05) is 30.3 Å². The number of fused-ring (bicyclic) bond motifs is 1. The molecule has 0 saturated heterocycles. The van der Waals surface area contributed by atoms with Crippen molar-refractivity contribution in [3.8, 4) is 0 Å². The van der Waals surface area contributed by atoms with Crippen LogP contribution in [-0.2, 0) is 12.8 Å². The van der Waals surface area contributed by atoms with Gasteiger partial charge in [-0.05, 0) is 51.2 Å². The summed E-state index contributed by atoms with van der Waals surface area (Å²) in [6.07, 6.45) is 4.96.